The molecule has 0 aromatic heterocycles. The summed E-state index contributed by atoms with van der Waals surface area (Å²) >= 11 is 1.81. The highest BCUT2D eigenvalue weighted by atomic mass is 27.1. The third-order valence-electron chi connectivity index (χ3n) is 0.297. The van der Waals surface area contributed by atoms with E-state index in [0.717, 1.165) is 0 Å². The van der Waals surface area contributed by atoms with Crippen LogP contribution in [0.2, 0.25) is 0 Å². The van der Waals surface area contributed by atoms with Gasteiger partial charge in [-0.3, -0.25) is 8.84 Å². The molecule has 0 aromatic carbocycles. The quantitative estimate of drug-likeness (QED) is 0.354. The number of hydrogen-bond acceptors (Lipinski definition) is 3. The molecule has 0 saturated heterocycles. The van der Waals surface area contributed by atoms with E-state index >= 15 is 0 Å². The third-order valence-corrected chi connectivity index (χ3v) is 0.480. The molecule has 0 fully saturated rings. The van der Waals surface area contributed by atoms with E-state index in [9.17, 15) is 4.79 Å². The zero-order valence-corrected chi connectivity index (χ0v) is 4.69. The maximum Gasteiger partial charge on any atom is 0.317 e. The second kappa shape index (κ2) is 2.99. The summed E-state index contributed by atoms with van der Waals surface area (Å²) in [6.45, 7) is -0.370. The van der Waals surface area contributed by atoms with Crippen molar-refractivity contribution in [1.82, 2.24) is 4.05 Å². The minimum atomic E-state index is -1.06. The predicted octanol–water partition coefficient (Wildman–Crippen LogP) is -1.15. The summed E-state index contributed by atoms with van der Waals surface area (Å²) in [5.41, 5.74) is 0. The van der Waals surface area contributed by atoms with Crippen molar-refractivity contribution in [3.8, 4) is 0 Å². The third kappa shape index (κ3) is 5.92. The predicted molar refractivity (Wildman–Crippen MR) is 21.9 cm³/mol. The molecule has 0 aliphatic rings. The van der Waals surface area contributed by atoms with Gasteiger partial charge in [0, 0.05) is 0 Å². The Kier molecular flexibility index (Phi) is 2.96. The molecule has 0 atom stereocenters. The first-order chi connectivity index (χ1) is 3.13. The lowest BCUT2D eigenvalue weighted by atomic mass is 10.7. The lowest BCUT2D eigenvalue weighted by Gasteiger charge is -2.02. The molecule has 0 spiro atoms. The molecule has 0 saturated carbocycles. The monoisotopic (exact) mass is 117 g/mol. The number of carboxylic acid groups (broad SMARTS) is 1. The molecule has 0 aliphatic carbocycles. The van der Waals surface area contributed by atoms with Crippen LogP contribution < -0.4 is 0 Å². The van der Waals surface area contributed by atoms with Crippen LogP contribution in [0.15, 0.2) is 0 Å². The molecular formula is C2H4AlNO3. The smallest absolute Gasteiger partial charge is 0.317 e. The fourth-order valence-corrected chi connectivity index (χ4v) is 0.295. The number of carboxylic acids is 1. The standard InChI is InChI=1S/C2H4NO3.Al/c4-2(5)1-3-6;/h6H,1H2,(H,4,5);/q-1;+1. The van der Waals surface area contributed by atoms with E-state index in [0.29, 0.717) is 4.05 Å². The summed E-state index contributed by atoms with van der Waals surface area (Å²) in [5.74, 6) is -1.06. The Labute approximate surface area is 48.9 Å². The fraction of sp³-hybridized carbons (Fsp3) is 0.500. The van der Waals surface area contributed by atoms with Gasteiger partial charge in [0.2, 0.25) is 0 Å². The normalized spacial score (nSPS) is 9.43. The van der Waals surface area contributed by atoms with Crippen molar-refractivity contribution in [2.24, 2.45) is 0 Å². The van der Waals surface area contributed by atoms with Crippen LogP contribution in [0.1, 0.15) is 0 Å². The van der Waals surface area contributed by atoms with Crippen molar-refractivity contribution in [1.29, 1.82) is 0 Å². The zero-order valence-electron chi connectivity index (χ0n) is 3.53. The van der Waals surface area contributed by atoms with Crippen molar-refractivity contribution < 1.29 is 15.1 Å². The highest BCUT2D eigenvalue weighted by molar-refractivity contribution is 6.04. The molecule has 5 heteroatoms. The van der Waals surface area contributed by atoms with Crippen molar-refractivity contribution in [2.45, 2.75) is 0 Å². The van der Waals surface area contributed by atoms with Crippen LogP contribution in [-0.2, 0) is 4.79 Å². The van der Waals surface area contributed by atoms with Gasteiger partial charge < -0.3 is 10.3 Å². The van der Waals surface area contributed by atoms with E-state index in [2.05, 4.69) is 0 Å². The lowest BCUT2D eigenvalue weighted by Crippen LogP contribution is -2.22. The number of aliphatic carboxylic acids is 1. The van der Waals surface area contributed by atoms with Gasteiger partial charge in [-0.2, -0.15) is 0 Å². The minimum Gasteiger partial charge on any atom is -0.480 e. The Morgan fingerprint density at radius 3 is 2.29 bits per heavy atom. The molecule has 38 valence electrons. The highest BCUT2D eigenvalue weighted by Gasteiger charge is 1.95. The number of carbonyl (C=O) groups is 1. The molecule has 7 heavy (non-hydrogen) atoms. The summed E-state index contributed by atoms with van der Waals surface area (Å²) in [6, 6.07) is 0. The topological polar surface area (TPSA) is 60.8 Å². The number of hydrogen-bond donors (Lipinski definition) is 2. The van der Waals surface area contributed by atoms with Gasteiger partial charge in [-0.1, -0.05) is 0 Å². The number of nitrogens with zero attached hydrogens (tertiary/aromatic N) is 1. The molecule has 0 heterocycles. The van der Waals surface area contributed by atoms with E-state index in [1.54, 1.807) is 0 Å². The van der Waals surface area contributed by atoms with Crippen LogP contribution in [0, 0.1) is 0 Å². The Bertz CT molecular complexity index is 73.3. The molecule has 2 N–H and O–H groups in total. The Morgan fingerprint density at radius 1 is 1.86 bits per heavy atom. The lowest BCUT2D eigenvalue weighted by molar-refractivity contribution is -0.142. The SMILES string of the molecule is O=C(O)C[N](O)[Al]. The summed E-state index contributed by atoms with van der Waals surface area (Å²) in [5, 5.41) is 16.0. The maximum atomic E-state index is 9.59. The van der Waals surface area contributed by atoms with Gasteiger partial charge >= 0.3 is 22.5 Å². The Morgan fingerprint density at radius 2 is 2.29 bits per heavy atom. The molecule has 2 radical (unpaired) electrons. The number of rotatable bonds is 2. The van der Waals surface area contributed by atoms with Crippen LogP contribution in [-0.4, -0.2) is 43.4 Å². The average molecular weight is 117 g/mol. The summed E-state index contributed by atoms with van der Waals surface area (Å²) in [6.07, 6.45) is 0. The summed E-state index contributed by atoms with van der Waals surface area (Å²) < 4.78 is 0.516. The molecule has 0 aliphatic heterocycles. The van der Waals surface area contributed by atoms with Crippen molar-refractivity contribution >= 4 is 22.5 Å². The van der Waals surface area contributed by atoms with Crippen molar-refractivity contribution in [3.63, 3.8) is 0 Å². The van der Waals surface area contributed by atoms with Crippen LogP contribution in [0.5, 0.6) is 0 Å². The van der Waals surface area contributed by atoms with Gasteiger partial charge in [0.05, 0.1) is 6.54 Å². The molecule has 0 bridgehead atoms. The van der Waals surface area contributed by atoms with E-state index < -0.39 is 5.97 Å². The second-order valence-electron chi connectivity index (χ2n) is 0.991. The van der Waals surface area contributed by atoms with Crippen LogP contribution in [0.3, 0.4) is 0 Å². The first-order valence-corrected chi connectivity index (χ1v) is 2.07. The van der Waals surface area contributed by atoms with Crippen molar-refractivity contribution in [2.75, 3.05) is 6.54 Å². The van der Waals surface area contributed by atoms with Gasteiger partial charge in [-0.15, -0.1) is 0 Å². The summed E-state index contributed by atoms with van der Waals surface area (Å²) in [4.78, 5) is 9.59. The maximum absolute atomic E-state index is 9.59. The first-order valence-electron chi connectivity index (χ1n) is 1.56. The van der Waals surface area contributed by atoms with E-state index in [1.165, 1.54) is 0 Å². The molecule has 0 unspecified atom stereocenters. The average Bonchev–Trinajstić information content (AvgIpc) is 1.27. The zero-order chi connectivity index (χ0) is 5.86. The summed E-state index contributed by atoms with van der Waals surface area (Å²) in [7, 11) is 0. The van der Waals surface area contributed by atoms with Gasteiger partial charge in [0.1, 0.15) is 0 Å². The molecule has 4 nitrogen and oxygen atoms in total. The largest absolute Gasteiger partial charge is 0.480 e. The van der Waals surface area contributed by atoms with Gasteiger partial charge in [-0.25, -0.2) is 0 Å². The van der Waals surface area contributed by atoms with Crippen LogP contribution >= 0.6 is 0 Å². The molecule has 0 rings (SSSR count). The van der Waals surface area contributed by atoms with Gasteiger partial charge in [-0.05, 0) is 0 Å². The van der Waals surface area contributed by atoms with Crippen molar-refractivity contribution in [3.05, 3.63) is 0 Å². The van der Waals surface area contributed by atoms with E-state index in [4.69, 9.17) is 10.3 Å². The molecule has 0 amide bonds. The molecular weight excluding hydrogens is 113 g/mol. The highest BCUT2D eigenvalue weighted by Crippen LogP contribution is 1.67. The minimum absolute atomic E-state index is 0.370. The molecule has 0 aromatic rings. The Balaban J connectivity index is 3.13. The number of hydroxylamine groups is 1. The second-order valence-corrected chi connectivity index (χ2v) is 1.59. The van der Waals surface area contributed by atoms with Crippen LogP contribution in [0.25, 0.3) is 0 Å². The first kappa shape index (κ1) is 6.92. The Hall–Kier alpha value is -0.0775. The fourth-order valence-electron chi connectivity index (χ4n) is 0.139. The van der Waals surface area contributed by atoms with Gasteiger partial charge in [0.15, 0.2) is 0 Å². The van der Waals surface area contributed by atoms with Crippen LogP contribution in [0.4, 0.5) is 0 Å². The van der Waals surface area contributed by atoms with Gasteiger partial charge in [0.25, 0.3) is 0 Å². The van der Waals surface area contributed by atoms with E-state index in [-0.39, 0.29) is 6.54 Å². The van der Waals surface area contributed by atoms with E-state index in [1.807, 2.05) is 16.5 Å².